The first kappa shape index (κ1) is 26.5. The van der Waals surface area contributed by atoms with Crippen molar-refractivity contribution in [2.24, 2.45) is 5.92 Å². The smallest absolute Gasteiger partial charge is 0.416 e. The third kappa shape index (κ3) is 8.25. The van der Waals surface area contributed by atoms with Gasteiger partial charge in [0, 0.05) is 12.3 Å². The lowest BCUT2D eigenvalue weighted by atomic mass is 9.88. The lowest BCUT2D eigenvalue weighted by Gasteiger charge is -2.24. The molecule has 0 aromatic heterocycles. The van der Waals surface area contributed by atoms with E-state index >= 15 is 0 Å². The largest absolute Gasteiger partial charge is 0.508 e. The van der Waals surface area contributed by atoms with Gasteiger partial charge in [0.15, 0.2) is 5.78 Å². The van der Waals surface area contributed by atoms with Gasteiger partial charge in [-0.15, -0.1) is 0 Å². The van der Waals surface area contributed by atoms with E-state index < -0.39 is 29.5 Å². The van der Waals surface area contributed by atoms with Gasteiger partial charge in [0.1, 0.15) is 5.76 Å². The fourth-order valence-corrected chi connectivity index (χ4v) is 3.53. The number of nitrogens with one attached hydrogen (secondary N) is 1. The van der Waals surface area contributed by atoms with Gasteiger partial charge in [-0.3, -0.25) is 9.59 Å². The summed E-state index contributed by atoms with van der Waals surface area (Å²) >= 11 is 0. The van der Waals surface area contributed by atoms with Crippen LogP contribution in [-0.2, 0) is 21.9 Å². The number of hydrogen-bond donors (Lipinski definition) is 2. The summed E-state index contributed by atoms with van der Waals surface area (Å²) in [4.78, 5) is 22.6. The van der Waals surface area contributed by atoms with E-state index in [9.17, 15) is 35.9 Å². The Labute approximate surface area is 187 Å². The Morgan fingerprint density at radius 2 is 1.52 bits per heavy atom. The minimum atomic E-state index is -4.90. The average molecular weight is 477 g/mol. The van der Waals surface area contributed by atoms with Crippen LogP contribution in [0.4, 0.5) is 26.3 Å². The average Bonchev–Trinajstić information content (AvgIpc) is 2.75. The van der Waals surface area contributed by atoms with Crippen LogP contribution in [0, 0.1) is 5.92 Å². The van der Waals surface area contributed by atoms with Gasteiger partial charge in [-0.25, -0.2) is 0 Å². The van der Waals surface area contributed by atoms with Crippen LogP contribution in [-0.4, -0.2) is 16.8 Å². The first-order chi connectivity index (χ1) is 15.3. The highest BCUT2D eigenvalue weighted by atomic mass is 19.4. The van der Waals surface area contributed by atoms with Crippen LogP contribution in [0.2, 0.25) is 0 Å². The molecule has 1 amide bonds. The molecule has 2 aliphatic carbocycles. The molecule has 0 heterocycles. The number of rotatable bonds is 3. The molecule has 1 aromatic rings. The molecule has 10 heteroatoms. The lowest BCUT2D eigenvalue weighted by Crippen LogP contribution is -2.34. The highest BCUT2D eigenvalue weighted by Gasteiger charge is 2.37. The van der Waals surface area contributed by atoms with Gasteiger partial charge in [0.05, 0.1) is 17.2 Å². The van der Waals surface area contributed by atoms with E-state index in [0.29, 0.717) is 31.4 Å². The Bertz CT molecular complexity index is 877. The topological polar surface area (TPSA) is 66.4 Å². The molecule has 0 saturated heterocycles. The third-order valence-corrected chi connectivity index (χ3v) is 5.40. The molecule has 0 radical (unpaired) electrons. The van der Waals surface area contributed by atoms with Crippen LogP contribution in [0.15, 0.2) is 42.2 Å². The van der Waals surface area contributed by atoms with Crippen LogP contribution in [0.3, 0.4) is 0 Å². The number of carbonyl (C=O) groups is 2. The quantitative estimate of drug-likeness (QED) is 0.493. The van der Waals surface area contributed by atoms with E-state index in [-0.39, 0.29) is 35.0 Å². The predicted molar refractivity (Wildman–Crippen MR) is 109 cm³/mol. The van der Waals surface area contributed by atoms with Crippen molar-refractivity contribution in [3.05, 3.63) is 58.9 Å². The SMILES string of the molecule is CC(NC(=O)C1CCCCC1)c1cc(C(F)(F)F)cc(C(F)(F)F)c1.O=C1C=CC(O)=CC1. The number of allylic oxidation sites excluding steroid dienone is 3. The minimum absolute atomic E-state index is 0.0443. The minimum Gasteiger partial charge on any atom is -0.508 e. The molecule has 1 unspecified atom stereocenters. The van der Waals surface area contributed by atoms with Gasteiger partial charge in [0.25, 0.3) is 0 Å². The lowest BCUT2D eigenvalue weighted by molar-refractivity contribution is -0.143. The van der Waals surface area contributed by atoms with Gasteiger partial charge in [0.2, 0.25) is 5.91 Å². The van der Waals surface area contributed by atoms with E-state index in [1.54, 1.807) is 0 Å². The molecule has 1 fully saturated rings. The summed E-state index contributed by atoms with van der Waals surface area (Å²) in [5.74, 6) is -0.324. The summed E-state index contributed by atoms with van der Waals surface area (Å²) in [5.41, 5.74) is -2.97. The number of aliphatic hydroxyl groups excluding tert-OH is 1. The van der Waals surface area contributed by atoms with Gasteiger partial charge < -0.3 is 10.4 Å². The maximum absolute atomic E-state index is 12.9. The number of hydrogen-bond acceptors (Lipinski definition) is 3. The van der Waals surface area contributed by atoms with Crippen molar-refractivity contribution in [2.75, 3.05) is 0 Å². The number of alkyl halides is 6. The van der Waals surface area contributed by atoms with Crippen LogP contribution in [0.1, 0.15) is 68.2 Å². The molecule has 1 aromatic carbocycles. The number of amides is 1. The summed E-state index contributed by atoms with van der Waals surface area (Å²) in [7, 11) is 0. The monoisotopic (exact) mass is 477 g/mol. The number of benzene rings is 1. The maximum atomic E-state index is 12.9. The second-order valence-corrected chi connectivity index (χ2v) is 8.04. The second-order valence-electron chi connectivity index (χ2n) is 8.04. The second kappa shape index (κ2) is 10.9. The normalized spacial score (nSPS) is 18.2. The summed E-state index contributed by atoms with van der Waals surface area (Å²) in [5, 5.41) is 11.2. The highest BCUT2D eigenvalue weighted by Crippen LogP contribution is 2.37. The molecule has 1 atom stereocenters. The summed E-state index contributed by atoms with van der Waals surface area (Å²) < 4.78 is 77.4. The molecule has 0 spiro atoms. The maximum Gasteiger partial charge on any atom is 0.416 e. The molecular formula is C23H25F6NO3. The van der Waals surface area contributed by atoms with Gasteiger partial charge in [-0.05, 0) is 61.8 Å². The first-order valence-corrected chi connectivity index (χ1v) is 10.5. The van der Waals surface area contributed by atoms with Crippen molar-refractivity contribution in [1.29, 1.82) is 0 Å². The Morgan fingerprint density at radius 3 is 1.94 bits per heavy atom. The number of ketones is 1. The molecule has 33 heavy (non-hydrogen) atoms. The zero-order valence-electron chi connectivity index (χ0n) is 17.9. The van der Waals surface area contributed by atoms with E-state index in [1.807, 2.05) is 0 Å². The van der Waals surface area contributed by atoms with Gasteiger partial charge in [-0.1, -0.05) is 19.3 Å². The molecule has 4 nitrogen and oxygen atoms in total. The molecule has 2 N–H and O–H groups in total. The molecule has 1 saturated carbocycles. The van der Waals surface area contributed by atoms with Crippen molar-refractivity contribution in [2.45, 2.75) is 63.8 Å². The molecule has 0 aliphatic heterocycles. The van der Waals surface area contributed by atoms with Crippen molar-refractivity contribution >= 4 is 11.7 Å². The molecular weight excluding hydrogens is 452 g/mol. The van der Waals surface area contributed by atoms with E-state index in [2.05, 4.69) is 5.32 Å². The van der Waals surface area contributed by atoms with Crippen LogP contribution < -0.4 is 5.32 Å². The van der Waals surface area contributed by atoms with Crippen LogP contribution in [0.25, 0.3) is 0 Å². The highest BCUT2D eigenvalue weighted by molar-refractivity contribution is 5.92. The van der Waals surface area contributed by atoms with Gasteiger partial charge in [-0.2, -0.15) is 26.3 Å². The summed E-state index contributed by atoms with van der Waals surface area (Å²) in [6.45, 7) is 1.39. The van der Waals surface area contributed by atoms with Crippen LogP contribution in [0.5, 0.6) is 0 Å². The molecule has 3 rings (SSSR count). The fraction of sp³-hybridized carbons (Fsp3) is 0.478. The molecule has 2 aliphatic rings. The Morgan fingerprint density at radius 1 is 0.970 bits per heavy atom. The fourth-order valence-electron chi connectivity index (χ4n) is 3.53. The molecule has 0 bridgehead atoms. The number of carbonyl (C=O) groups excluding carboxylic acids is 2. The first-order valence-electron chi connectivity index (χ1n) is 10.5. The standard InChI is InChI=1S/C17H19F6NO.C6H6O2/c1-10(24-15(25)11-5-3-2-4-6-11)12-7-13(16(18,19)20)9-14(8-12)17(21,22)23;7-5-1-2-6(8)4-3-5/h7-11H,2-6H2,1H3,(H,24,25);1-3,7H,4H2. The Balaban J connectivity index is 0.000000405. The van der Waals surface area contributed by atoms with Crippen molar-refractivity contribution in [3.8, 4) is 0 Å². The summed E-state index contributed by atoms with van der Waals surface area (Å²) in [6, 6.07) is 0.444. The predicted octanol–water partition coefficient (Wildman–Crippen LogP) is 6.44. The third-order valence-electron chi connectivity index (χ3n) is 5.40. The van der Waals surface area contributed by atoms with Crippen molar-refractivity contribution < 1.29 is 41.0 Å². The van der Waals surface area contributed by atoms with E-state index in [1.165, 1.54) is 25.2 Å². The molecule has 182 valence electrons. The van der Waals surface area contributed by atoms with Crippen molar-refractivity contribution in [1.82, 2.24) is 5.32 Å². The zero-order chi connectivity index (χ0) is 24.8. The zero-order valence-corrected chi connectivity index (χ0v) is 17.9. The van der Waals surface area contributed by atoms with E-state index in [0.717, 1.165) is 19.3 Å². The number of aliphatic hydroxyl groups is 1. The van der Waals surface area contributed by atoms with Gasteiger partial charge >= 0.3 is 12.4 Å². The van der Waals surface area contributed by atoms with Crippen molar-refractivity contribution in [3.63, 3.8) is 0 Å². The van der Waals surface area contributed by atoms with E-state index in [4.69, 9.17) is 5.11 Å². The summed E-state index contributed by atoms with van der Waals surface area (Å²) in [6.07, 6.45) is -1.01. The number of halogens is 6. The Hall–Kier alpha value is -2.78. The Kier molecular flexibility index (Phi) is 8.74. The van der Waals surface area contributed by atoms with Crippen LogP contribution >= 0.6 is 0 Å².